The van der Waals surface area contributed by atoms with E-state index in [1.807, 2.05) is 0 Å². The predicted octanol–water partition coefficient (Wildman–Crippen LogP) is 3.13. The number of methoxy groups -OCH3 is 1. The number of allylic oxidation sites excluding steroid dienone is 2. The van der Waals surface area contributed by atoms with E-state index in [0.29, 0.717) is 0 Å². The Balaban J connectivity index is 2.12. The number of ether oxygens (including phenoxy) is 1. The summed E-state index contributed by atoms with van der Waals surface area (Å²) in [6, 6.07) is 6.91. The van der Waals surface area contributed by atoms with Gasteiger partial charge in [0.25, 0.3) is 0 Å². The first-order valence-corrected chi connectivity index (χ1v) is 7.10. The normalized spacial score (nSPS) is 17.0. The molecule has 0 unspecified atom stereocenters. The molecule has 0 saturated carbocycles. The van der Waals surface area contributed by atoms with Crippen LogP contribution in [0.3, 0.4) is 0 Å². The molecule has 0 fully saturated rings. The molecule has 1 N–H and O–H groups in total. The molecule has 0 radical (unpaired) electrons. The standard InChI is InChI=1S/C17H25NO/c1-14-6-7-16(12-15(14)2)17(8-4-5-9-17)13-18-10-11-19-3/h4-7,12,18H,8-11,13H2,1-3H3. The molecule has 2 nitrogen and oxygen atoms in total. The van der Waals surface area contributed by atoms with E-state index < -0.39 is 0 Å². The minimum atomic E-state index is 0.242. The van der Waals surface area contributed by atoms with Gasteiger partial charge in [-0.2, -0.15) is 0 Å². The lowest BCUT2D eigenvalue weighted by atomic mass is 9.77. The van der Waals surface area contributed by atoms with Crippen molar-refractivity contribution in [1.82, 2.24) is 5.32 Å². The average molecular weight is 259 g/mol. The van der Waals surface area contributed by atoms with E-state index in [1.165, 1.54) is 16.7 Å². The van der Waals surface area contributed by atoms with Gasteiger partial charge in [0.15, 0.2) is 0 Å². The highest BCUT2D eigenvalue weighted by Crippen LogP contribution is 2.37. The molecule has 0 atom stereocenters. The molecule has 0 spiro atoms. The predicted molar refractivity (Wildman–Crippen MR) is 80.7 cm³/mol. The monoisotopic (exact) mass is 259 g/mol. The first-order valence-electron chi connectivity index (χ1n) is 7.10. The van der Waals surface area contributed by atoms with Gasteiger partial charge in [0.1, 0.15) is 0 Å². The van der Waals surface area contributed by atoms with Gasteiger partial charge in [-0.25, -0.2) is 0 Å². The second kappa shape index (κ2) is 6.36. The van der Waals surface area contributed by atoms with Crippen LogP contribution in [0.15, 0.2) is 30.4 Å². The molecule has 2 heteroatoms. The molecule has 2 rings (SSSR count). The second-order valence-electron chi connectivity index (χ2n) is 5.63. The number of aryl methyl sites for hydroxylation is 2. The quantitative estimate of drug-likeness (QED) is 0.626. The summed E-state index contributed by atoms with van der Waals surface area (Å²) >= 11 is 0. The maximum atomic E-state index is 5.10. The summed E-state index contributed by atoms with van der Waals surface area (Å²) in [4.78, 5) is 0. The highest BCUT2D eigenvalue weighted by atomic mass is 16.5. The van der Waals surface area contributed by atoms with Crippen LogP contribution in [0.2, 0.25) is 0 Å². The summed E-state index contributed by atoms with van der Waals surface area (Å²) in [5, 5.41) is 3.54. The number of nitrogens with one attached hydrogen (secondary N) is 1. The zero-order valence-corrected chi connectivity index (χ0v) is 12.3. The molecule has 0 aliphatic heterocycles. The smallest absolute Gasteiger partial charge is 0.0587 e. The van der Waals surface area contributed by atoms with Crippen molar-refractivity contribution in [3.8, 4) is 0 Å². The molecule has 0 bridgehead atoms. The molecule has 1 aromatic carbocycles. The van der Waals surface area contributed by atoms with Gasteiger partial charge in [-0.05, 0) is 43.4 Å². The maximum Gasteiger partial charge on any atom is 0.0587 e. The van der Waals surface area contributed by atoms with Crippen LogP contribution in [0.1, 0.15) is 29.5 Å². The molecule has 0 aromatic heterocycles. The summed E-state index contributed by atoms with van der Waals surface area (Å²) in [6.07, 6.45) is 6.89. The van der Waals surface area contributed by atoms with E-state index in [4.69, 9.17) is 4.74 Å². The molecule has 1 aromatic rings. The van der Waals surface area contributed by atoms with Gasteiger partial charge in [0, 0.05) is 25.6 Å². The lowest BCUT2D eigenvalue weighted by molar-refractivity contribution is 0.196. The fourth-order valence-corrected chi connectivity index (χ4v) is 2.76. The molecule has 1 aliphatic carbocycles. The third-order valence-corrected chi connectivity index (χ3v) is 4.25. The Kier molecular flexibility index (Phi) is 4.78. The Morgan fingerprint density at radius 1 is 1.16 bits per heavy atom. The lowest BCUT2D eigenvalue weighted by Gasteiger charge is -2.31. The number of hydrogen-bond acceptors (Lipinski definition) is 2. The minimum Gasteiger partial charge on any atom is -0.383 e. The maximum absolute atomic E-state index is 5.10. The van der Waals surface area contributed by atoms with Crippen LogP contribution < -0.4 is 5.32 Å². The van der Waals surface area contributed by atoms with E-state index in [2.05, 4.69) is 49.5 Å². The Morgan fingerprint density at radius 3 is 2.53 bits per heavy atom. The Bertz CT molecular complexity index is 443. The van der Waals surface area contributed by atoms with E-state index in [1.54, 1.807) is 7.11 Å². The second-order valence-corrected chi connectivity index (χ2v) is 5.63. The molecular formula is C17H25NO. The van der Waals surface area contributed by atoms with Crippen LogP contribution in [0.4, 0.5) is 0 Å². The molecule has 0 saturated heterocycles. The molecule has 0 amide bonds. The fraction of sp³-hybridized carbons (Fsp3) is 0.529. The molecule has 104 valence electrons. The van der Waals surface area contributed by atoms with Gasteiger partial charge in [-0.3, -0.25) is 0 Å². The first kappa shape index (κ1) is 14.3. The van der Waals surface area contributed by atoms with Crippen LogP contribution in [-0.2, 0) is 10.2 Å². The average Bonchev–Trinajstić information content (AvgIpc) is 2.88. The number of hydrogen-bond donors (Lipinski definition) is 1. The zero-order valence-electron chi connectivity index (χ0n) is 12.3. The van der Waals surface area contributed by atoms with Crippen molar-refractivity contribution in [2.75, 3.05) is 26.8 Å². The van der Waals surface area contributed by atoms with Crippen molar-refractivity contribution in [3.63, 3.8) is 0 Å². The van der Waals surface area contributed by atoms with Crippen molar-refractivity contribution in [2.45, 2.75) is 32.1 Å². The number of rotatable bonds is 6. The van der Waals surface area contributed by atoms with Gasteiger partial charge >= 0.3 is 0 Å². The van der Waals surface area contributed by atoms with E-state index in [0.717, 1.165) is 32.5 Å². The van der Waals surface area contributed by atoms with Gasteiger partial charge in [0.05, 0.1) is 6.61 Å². The van der Waals surface area contributed by atoms with Crippen LogP contribution in [0.5, 0.6) is 0 Å². The minimum absolute atomic E-state index is 0.242. The third-order valence-electron chi connectivity index (χ3n) is 4.25. The third kappa shape index (κ3) is 3.26. The van der Waals surface area contributed by atoms with Gasteiger partial charge in [-0.1, -0.05) is 30.4 Å². The highest BCUT2D eigenvalue weighted by Gasteiger charge is 2.32. The summed E-state index contributed by atoms with van der Waals surface area (Å²) in [5.74, 6) is 0. The Morgan fingerprint density at radius 2 is 1.89 bits per heavy atom. The van der Waals surface area contributed by atoms with Crippen molar-refractivity contribution in [3.05, 3.63) is 47.0 Å². The summed E-state index contributed by atoms with van der Waals surface area (Å²) in [7, 11) is 1.75. The topological polar surface area (TPSA) is 21.3 Å². The Labute approximate surface area is 116 Å². The summed E-state index contributed by atoms with van der Waals surface area (Å²) in [6.45, 7) is 7.09. The van der Waals surface area contributed by atoms with E-state index in [-0.39, 0.29) is 5.41 Å². The first-order chi connectivity index (χ1) is 9.18. The molecule has 19 heavy (non-hydrogen) atoms. The lowest BCUT2D eigenvalue weighted by Crippen LogP contribution is -2.37. The van der Waals surface area contributed by atoms with Crippen molar-refractivity contribution in [2.24, 2.45) is 0 Å². The molecule has 0 heterocycles. The van der Waals surface area contributed by atoms with Crippen LogP contribution in [0, 0.1) is 13.8 Å². The molecule has 1 aliphatic rings. The largest absolute Gasteiger partial charge is 0.383 e. The van der Waals surface area contributed by atoms with Crippen molar-refractivity contribution >= 4 is 0 Å². The zero-order chi connectivity index (χ0) is 13.7. The number of benzene rings is 1. The van der Waals surface area contributed by atoms with Crippen LogP contribution >= 0.6 is 0 Å². The van der Waals surface area contributed by atoms with Gasteiger partial charge < -0.3 is 10.1 Å². The van der Waals surface area contributed by atoms with Gasteiger partial charge in [0.2, 0.25) is 0 Å². The summed E-state index contributed by atoms with van der Waals surface area (Å²) in [5.41, 5.74) is 4.47. The SMILES string of the molecule is COCCNCC1(c2ccc(C)c(C)c2)CC=CC1. The van der Waals surface area contributed by atoms with Gasteiger partial charge in [-0.15, -0.1) is 0 Å². The van der Waals surface area contributed by atoms with Crippen LogP contribution in [-0.4, -0.2) is 26.8 Å². The van der Waals surface area contributed by atoms with Crippen molar-refractivity contribution in [1.29, 1.82) is 0 Å². The highest BCUT2D eigenvalue weighted by molar-refractivity contribution is 5.37. The Hall–Kier alpha value is -1.12. The molecular weight excluding hydrogens is 234 g/mol. The van der Waals surface area contributed by atoms with Crippen LogP contribution in [0.25, 0.3) is 0 Å². The summed E-state index contributed by atoms with van der Waals surface area (Å²) < 4.78 is 5.10. The van der Waals surface area contributed by atoms with Crippen molar-refractivity contribution < 1.29 is 4.74 Å². The van der Waals surface area contributed by atoms with E-state index >= 15 is 0 Å². The van der Waals surface area contributed by atoms with E-state index in [9.17, 15) is 0 Å². The fourth-order valence-electron chi connectivity index (χ4n) is 2.76.